The molecule has 2 aliphatic heterocycles. The second-order valence-electron chi connectivity index (χ2n) is 20.3. The number of rotatable bonds is 9. The maximum absolute atomic E-state index is 12.4. The van der Waals surface area contributed by atoms with Crippen LogP contribution in [-0.4, -0.2) is 138 Å². The van der Waals surface area contributed by atoms with Gasteiger partial charge in [0, 0.05) is 0 Å². The van der Waals surface area contributed by atoms with Crippen LogP contribution in [0.4, 0.5) is 0 Å². The maximum atomic E-state index is 12.4. The molecule has 0 amide bonds. The first-order valence-electron chi connectivity index (χ1n) is 20.8. The van der Waals surface area contributed by atoms with E-state index in [0.717, 1.165) is 31.3 Å². The van der Waals surface area contributed by atoms with Crippen LogP contribution < -0.4 is 0 Å². The average molecular weight is 785 g/mol. The van der Waals surface area contributed by atoms with Crippen LogP contribution >= 0.6 is 0 Å². The first-order valence-corrected chi connectivity index (χ1v) is 20.8. The molecule has 4 aliphatic carbocycles. The molecule has 0 aromatic heterocycles. The van der Waals surface area contributed by atoms with Crippen molar-refractivity contribution >= 4 is 0 Å². The lowest BCUT2D eigenvalue weighted by molar-refractivity contribution is -0.348. The molecule has 4 saturated carbocycles. The van der Waals surface area contributed by atoms with E-state index in [1.54, 1.807) is 0 Å². The van der Waals surface area contributed by atoms with E-state index in [1.165, 1.54) is 6.92 Å². The summed E-state index contributed by atoms with van der Waals surface area (Å²) in [6, 6.07) is 0. The van der Waals surface area contributed by atoms with Gasteiger partial charge in [0.1, 0.15) is 42.7 Å². The Balaban J connectivity index is 1.27. The van der Waals surface area contributed by atoms with E-state index in [-0.39, 0.29) is 46.5 Å². The van der Waals surface area contributed by atoms with Gasteiger partial charge in [0.15, 0.2) is 12.6 Å². The van der Waals surface area contributed by atoms with Gasteiger partial charge in [-0.3, -0.25) is 0 Å². The molecule has 13 heteroatoms. The van der Waals surface area contributed by atoms with E-state index in [0.29, 0.717) is 25.7 Å². The zero-order chi connectivity index (χ0) is 40.8. The lowest BCUT2D eigenvalue weighted by Crippen LogP contribution is -2.68. The van der Waals surface area contributed by atoms with Crippen molar-refractivity contribution in [2.75, 3.05) is 6.61 Å². The van der Waals surface area contributed by atoms with Crippen LogP contribution in [0.2, 0.25) is 0 Å². The lowest BCUT2D eigenvalue weighted by Gasteiger charge is -2.71. The summed E-state index contributed by atoms with van der Waals surface area (Å²) in [5, 5.41) is 99.0. The third-order valence-electron chi connectivity index (χ3n) is 16.6. The largest absolute Gasteiger partial charge is 0.393 e. The van der Waals surface area contributed by atoms with Gasteiger partial charge in [0.2, 0.25) is 0 Å². The number of ether oxygens (including phenoxy) is 4. The molecule has 318 valence electrons. The Morgan fingerprint density at radius 3 is 2.02 bits per heavy atom. The summed E-state index contributed by atoms with van der Waals surface area (Å²) >= 11 is 0. The average Bonchev–Trinajstić information content (AvgIpc) is 3.49. The monoisotopic (exact) mass is 784 g/mol. The van der Waals surface area contributed by atoms with Gasteiger partial charge in [0.05, 0.1) is 36.6 Å². The zero-order valence-corrected chi connectivity index (χ0v) is 34.4. The highest BCUT2D eigenvalue weighted by atomic mass is 16.7. The number of hydrogen-bond donors (Lipinski definition) is 9. The van der Waals surface area contributed by atoms with E-state index in [2.05, 4.69) is 40.7 Å². The fourth-order valence-corrected chi connectivity index (χ4v) is 13.3. The van der Waals surface area contributed by atoms with Gasteiger partial charge in [-0.1, -0.05) is 46.3 Å². The second-order valence-corrected chi connectivity index (χ2v) is 20.3. The van der Waals surface area contributed by atoms with Crippen LogP contribution in [0.5, 0.6) is 0 Å². The summed E-state index contributed by atoms with van der Waals surface area (Å²) in [6.45, 7) is 18.3. The predicted molar refractivity (Wildman–Crippen MR) is 201 cm³/mol. The van der Waals surface area contributed by atoms with Gasteiger partial charge in [-0.15, -0.1) is 0 Å². The Morgan fingerprint density at radius 2 is 1.36 bits per heavy atom. The van der Waals surface area contributed by atoms with Gasteiger partial charge in [0.25, 0.3) is 0 Å². The molecule has 21 unspecified atom stereocenters. The minimum Gasteiger partial charge on any atom is -0.393 e. The van der Waals surface area contributed by atoms with Crippen LogP contribution in [0.25, 0.3) is 0 Å². The van der Waals surface area contributed by atoms with Gasteiger partial charge >= 0.3 is 0 Å². The first-order chi connectivity index (χ1) is 25.4. The van der Waals surface area contributed by atoms with Gasteiger partial charge in [-0.05, 0) is 124 Å². The molecular weight excluding hydrogens is 712 g/mol. The summed E-state index contributed by atoms with van der Waals surface area (Å²) in [7, 11) is 0. The Labute approximate surface area is 327 Å². The van der Waals surface area contributed by atoms with E-state index in [4.69, 9.17) is 18.9 Å². The summed E-state index contributed by atoms with van der Waals surface area (Å²) in [5.74, 6) is -0.0173. The molecule has 0 aromatic carbocycles. The van der Waals surface area contributed by atoms with Crippen molar-refractivity contribution in [1.29, 1.82) is 0 Å². The molecule has 2 saturated heterocycles. The smallest absolute Gasteiger partial charge is 0.187 e. The van der Waals surface area contributed by atoms with Gasteiger partial charge in [-0.25, -0.2) is 0 Å². The predicted octanol–water partition coefficient (Wildman–Crippen LogP) is 2.15. The third kappa shape index (κ3) is 7.10. The Bertz CT molecular complexity index is 1390. The lowest BCUT2D eigenvalue weighted by atomic mass is 9.35. The van der Waals surface area contributed by atoms with Crippen molar-refractivity contribution in [1.82, 2.24) is 0 Å². The Hall–Kier alpha value is -0.780. The molecule has 13 nitrogen and oxygen atoms in total. The minimum atomic E-state index is -1.66. The summed E-state index contributed by atoms with van der Waals surface area (Å²) in [5.41, 5.74) is -1.04. The molecule has 9 N–H and O–H groups in total. The van der Waals surface area contributed by atoms with Gasteiger partial charge < -0.3 is 64.9 Å². The van der Waals surface area contributed by atoms with E-state index in [9.17, 15) is 46.0 Å². The number of allylic oxidation sites excluding steroid dienone is 2. The Kier molecular flexibility index (Phi) is 12.2. The number of hydrogen-bond acceptors (Lipinski definition) is 13. The van der Waals surface area contributed by atoms with Crippen molar-refractivity contribution in [3.05, 3.63) is 11.6 Å². The first kappa shape index (κ1) is 43.8. The van der Waals surface area contributed by atoms with Crippen molar-refractivity contribution in [2.45, 2.75) is 199 Å². The molecule has 2 heterocycles. The second kappa shape index (κ2) is 15.4. The van der Waals surface area contributed by atoms with E-state index in [1.807, 2.05) is 20.8 Å². The van der Waals surface area contributed by atoms with Gasteiger partial charge in [-0.2, -0.15) is 0 Å². The molecule has 6 rings (SSSR count). The van der Waals surface area contributed by atoms with Crippen LogP contribution in [0.15, 0.2) is 11.6 Å². The topological polar surface area (TPSA) is 219 Å². The van der Waals surface area contributed by atoms with Crippen molar-refractivity contribution < 1.29 is 64.9 Å². The van der Waals surface area contributed by atoms with Crippen molar-refractivity contribution in [2.24, 2.45) is 45.3 Å². The SMILES string of the molecule is CC(C)=CCCC(C)(OC1OC(COC2OC(C)C(O)C(O)C2O)C(O)C(O)C1O)C1CCC2(C)C1C(O)CC1C3(C)CC(O)C(O)C(C)(C)C3CCC12C. The van der Waals surface area contributed by atoms with Crippen LogP contribution in [0, 0.1) is 45.3 Å². The maximum Gasteiger partial charge on any atom is 0.187 e. The zero-order valence-electron chi connectivity index (χ0n) is 34.4. The summed E-state index contributed by atoms with van der Waals surface area (Å²) in [4.78, 5) is 0. The number of aliphatic hydroxyl groups is 9. The number of fused-ring (bicyclic) bond motifs is 5. The van der Waals surface area contributed by atoms with Crippen LogP contribution in [0.1, 0.15) is 114 Å². The van der Waals surface area contributed by atoms with E-state index >= 15 is 0 Å². The fourth-order valence-electron chi connectivity index (χ4n) is 13.3. The Morgan fingerprint density at radius 1 is 0.745 bits per heavy atom. The van der Waals surface area contributed by atoms with E-state index < -0.39 is 90.7 Å². The normalized spacial score (nSPS) is 53.4. The standard InChI is InChI=1S/C42H72O13/c1-20(2)11-10-14-42(9,55-37-34(50)32(48)30(46)25(54-37)19-52-36-33(49)31(47)29(45)21(3)53-36)22-12-15-41(8)28(22)23(43)17-27-39(6)18-24(44)35(51)38(4,5)26(39)13-16-40(27,41)7/h11,21-37,43-51H,10,12-19H2,1-9H3. The molecule has 6 aliphatic rings. The third-order valence-corrected chi connectivity index (χ3v) is 16.6. The quantitative estimate of drug-likeness (QED) is 0.153. The fraction of sp³-hybridized carbons (Fsp3) is 0.952. The molecule has 0 aromatic rings. The highest BCUT2D eigenvalue weighted by Crippen LogP contribution is 2.76. The number of aliphatic hydroxyl groups excluding tert-OH is 9. The molecule has 21 atom stereocenters. The molecule has 0 spiro atoms. The van der Waals surface area contributed by atoms with Crippen LogP contribution in [-0.2, 0) is 18.9 Å². The molecule has 0 radical (unpaired) electrons. The van der Waals surface area contributed by atoms with Crippen molar-refractivity contribution in [3.8, 4) is 0 Å². The highest BCUT2D eigenvalue weighted by Gasteiger charge is 2.72. The summed E-state index contributed by atoms with van der Waals surface area (Å²) in [6.07, 6.45) is -8.51. The van der Waals surface area contributed by atoms with Crippen LogP contribution in [0.3, 0.4) is 0 Å². The molecule has 6 fully saturated rings. The summed E-state index contributed by atoms with van der Waals surface area (Å²) < 4.78 is 24.4. The molecular formula is C42H72O13. The highest BCUT2D eigenvalue weighted by molar-refractivity contribution is 5.21. The minimum absolute atomic E-state index is 0.118. The molecule has 0 bridgehead atoms. The van der Waals surface area contributed by atoms with Crippen molar-refractivity contribution in [3.63, 3.8) is 0 Å². The molecule has 55 heavy (non-hydrogen) atoms.